The first kappa shape index (κ1) is 40.3. The molecular weight excluding hydrogens is 901 g/mol. The van der Waals surface area contributed by atoms with E-state index in [0.29, 0.717) is 54.2 Å². The molecule has 8 aromatic rings. The van der Waals surface area contributed by atoms with Crippen molar-refractivity contribution in [3.05, 3.63) is 190 Å². The maximum absolute atomic E-state index is 15.4. The largest absolute Gasteiger partial charge is 0.507 e. The summed E-state index contributed by atoms with van der Waals surface area (Å²) in [6.07, 6.45) is 0.0902. The van der Waals surface area contributed by atoms with Gasteiger partial charge in [-0.15, -0.1) is 0 Å². The Bertz CT molecular complexity index is 2490. The van der Waals surface area contributed by atoms with Crippen molar-refractivity contribution in [3.8, 4) is 22.6 Å². The molecule has 8 rings (SSSR count). The number of rotatable bonds is 9. The Hall–Kier alpha value is -3.88. The first-order valence-corrected chi connectivity index (χ1v) is 24.8. The highest BCUT2D eigenvalue weighted by Gasteiger charge is 2.33. The van der Waals surface area contributed by atoms with Crippen LogP contribution in [0.3, 0.4) is 0 Å². The van der Waals surface area contributed by atoms with Gasteiger partial charge >= 0.3 is 0 Å². The van der Waals surface area contributed by atoms with Crippen LogP contribution in [0.25, 0.3) is 32.7 Å². The second kappa shape index (κ2) is 17.3. The summed E-state index contributed by atoms with van der Waals surface area (Å²) in [6.45, 7) is 0. The first-order valence-electron chi connectivity index (χ1n) is 17.7. The fourth-order valence-corrected chi connectivity index (χ4v) is 13.6. The Kier molecular flexibility index (Phi) is 12.5. The predicted molar refractivity (Wildman–Crippen MR) is 244 cm³/mol. The van der Waals surface area contributed by atoms with Gasteiger partial charge in [-0.3, -0.25) is 10.0 Å². The van der Waals surface area contributed by atoms with Crippen molar-refractivity contribution < 1.29 is 19.3 Å². The van der Waals surface area contributed by atoms with E-state index in [4.69, 9.17) is 0 Å². The first-order chi connectivity index (χ1) is 27.2. The maximum Gasteiger partial charge on any atom is 0.293 e. The van der Waals surface area contributed by atoms with E-state index in [1.54, 1.807) is 0 Å². The van der Waals surface area contributed by atoms with Crippen LogP contribution in [0.4, 0.5) is 0 Å². The molecule has 0 unspecified atom stereocenters. The van der Waals surface area contributed by atoms with E-state index in [9.17, 15) is 10.2 Å². The normalized spacial score (nSPS) is 11.6. The van der Waals surface area contributed by atoms with Crippen molar-refractivity contribution in [2.75, 3.05) is 0 Å². The highest BCUT2D eigenvalue weighted by atomic mass is 79.9. The van der Waals surface area contributed by atoms with Crippen LogP contribution in [0.1, 0.15) is 11.1 Å². The molecule has 0 amide bonds. The van der Waals surface area contributed by atoms with Gasteiger partial charge in [0.1, 0.15) is 25.8 Å². The molecule has 2 radical (unpaired) electrons. The highest BCUT2D eigenvalue weighted by Crippen LogP contribution is 2.55. The van der Waals surface area contributed by atoms with Gasteiger partial charge in [0.25, 0.3) is 15.4 Å². The third-order valence-electron chi connectivity index (χ3n) is 10.0. The van der Waals surface area contributed by atoms with Gasteiger partial charge in [0.05, 0.1) is 0 Å². The fourth-order valence-electron chi connectivity index (χ4n) is 7.42. The lowest BCUT2D eigenvalue weighted by Crippen LogP contribution is -2.17. The van der Waals surface area contributed by atoms with Gasteiger partial charge in [-0.05, 0) is 57.9 Å². The highest BCUT2D eigenvalue weighted by molar-refractivity contribution is 9.10. The molecule has 0 bridgehead atoms. The number of fused-ring (bicyclic) bond motifs is 2. The SMILES string of the molecule is O=P(Cc1cc2cc(Br)ccc2c(-c2c(O)c(CP(=O)(c3ccccc3)c3ccccc3)cc3cc(Br)ccc23)c1O)(c1ccccc1)c1ccccc1.[Al][Cl]. The fraction of sp³-hybridized carbons (Fsp3) is 0.0435. The third-order valence-corrected chi connectivity index (χ3v) is 17.1. The summed E-state index contributed by atoms with van der Waals surface area (Å²) in [6, 6.07) is 53.0. The Labute approximate surface area is 355 Å². The zero-order valence-electron chi connectivity index (χ0n) is 29.9. The van der Waals surface area contributed by atoms with E-state index in [1.807, 2.05) is 185 Å². The van der Waals surface area contributed by atoms with Crippen LogP contribution in [0, 0.1) is 0 Å². The minimum Gasteiger partial charge on any atom is -0.507 e. The molecule has 0 aromatic heterocycles. The second-order valence-electron chi connectivity index (χ2n) is 13.4. The Morgan fingerprint density at radius 3 is 1.02 bits per heavy atom. The van der Waals surface area contributed by atoms with Gasteiger partial charge in [-0.1, -0.05) is 165 Å². The minimum absolute atomic E-state index is 0.0451. The minimum atomic E-state index is -3.32. The molecule has 0 aliphatic rings. The molecule has 0 saturated heterocycles. The Morgan fingerprint density at radius 2 is 0.732 bits per heavy atom. The summed E-state index contributed by atoms with van der Waals surface area (Å²) in [4.78, 5) is 0. The number of hydrogen-bond acceptors (Lipinski definition) is 4. The summed E-state index contributed by atoms with van der Waals surface area (Å²) < 4.78 is 32.4. The number of phenols is 2. The van der Waals surface area contributed by atoms with E-state index < -0.39 is 14.3 Å². The monoisotopic (exact) mass is 932 g/mol. The van der Waals surface area contributed by atoms with Crippen molar-refractivity contribution in [2.24, 2.45) is 0 Å². The number of hydrogen-bond donors (Lipinski definition) is 2. The van der Waals surface area contributed by atoms with Crippen LogP contribution in [-0.4, -0.2) is 25.6 Å². The van der Waals surface area contributed by atoms with Gasteiger partial charge in [0.15, 0.2) is 0 Å². The van der Waals surface area contributed by atoms with Crippen LogP contribution >= 0.6 is 56.2 Å². The lowest BCUT2D eigenvalue weighted by Gasteiger charge is -2.24. The molecule has 0 heterocycles. The number of benzene rings is 8. The van der Waals surface area contributed by atoms with Crippen molar-refractivity contribution in [2.45, 2.75) is 12.3 Å². The van der Waals surface area contributed by atoms with E-state index in [0.717, 1.165) is 19.7 Å². The summed E-state index contributed by atoms with van der Waals surface area (Å²) >= 11 is 9.17. The average molecular weight is 935 g/mol. The quantitative estimate of drug-likeness (QED) is 0.112. The lowest BCUT2D eigenvalue weighted by molar-refractivity contribution is 0.465. The molecule has 0 saturated carbocycles. The topological polar surface area (TPSA) is 74.6 Å². The van der Waals surface area contributed by atoms with Crippen LogP contribution in [0.5, 0.6) is 11.5 Å². The molecule has 0 atom stereocenters. The van der Waals surface area contributed by atoms with Crippen LogP contribution < -0.4 is 21.2 Å². The molecule has 10 heteroatoms. The molecule has 0 fully saturated rings. The van der Waals surface area contributed by atoms with Gasteiger partial charge in [0, 0.05) is 64.7 Å². The molecule has 4 nitrogen and oxygen atoms in total. The molecule has 0 aliphatic carbocycles. The third kappa shape index (κ3) is 7.85. The maximum atomic E-state index is 15.4. The standard InChI is InChI=1S/C46H34Br2O4P2.Al.ClH/c47-35-21-23-41-31(27-35)25-33(29-53(51,37-13-5-1-6-14-37)38-15-7-2-8-16-38)45(49)43(41)44-42-24-22-36(48)28-32(42)26-34(46(44)50)30-54(52,39-17-9-3-10-18-39)40-19-11-4-12-20-40;;/h1-28,49-50H,29-30H2;;1H/q;+1;/p-1. The smallest absolute Gasteiger partial charge is 0.293 e. The average Bonchev–Trinajstić information content (AvgIpc) is 3.24. The summed E-state index contributed by atoms with van der Waals surface area (Å²) in [5, 5.41) is 30.9. The molecule has 2 N–H and O–H groups in total. The van der Waals surface area contributed by atoms with Crippen LogP contribution in [-0.2, 0) is 21.5 Å². The van der Waals surface area contributed by atoms with Crippen molar-refractivity contribution in [1.82, 2.24) is 0 Å². The zero-order valence-corrected chi connectivity index (χ0v) is 36.8. The van der Waals surface area contributed by atoms with E-state index >= 15 is 9.13 Å². The van der Waals surface area contributed by atoms with Gasteiger partial charge in [-0.25, -0.2) is 0 Å². The van der Waals surface area contributed by atoms with Gasteiger partial charge in [0.2, 0.25) is 0 Å². The zero-order chi connectivity index (χ0) is 39.5. The van der Waals surface area contributed by atoms with Gasteiger partial charge < -0.3 is 19.3 Å². The van der Waals surface area contributed by atoms with Crippen molar-refractivity contribution in [1.29, 1.82) is 0 Å². The molecule has 0 spiro atoms. The number of aromatic hydroxyl groups is 2. The van der Waals surface area contributed by atoms with Crippen molar-refractivity contribution in [3.63, 3.8) is 0 Å². The predicted octanol–water partition coefficient (Wildman–Crippen LogP) is 11.9. The van der Waals surface area contributed by atoms with E-state index in [1.165, 1.54) is 0 Å². The molecule has 8 aromatic carbocycles. The molecule has 56 heavy (non-hydrogen) atoms. The van der Waals surface area contributed by atoms with Crippen LogP contribution in [0.15, 0.2) is 179 Å². The lowest BCUT2D eigenvalue weighted by atomic mass is 9.89. The van der Waals surface area contributed by atoms with Crippen molar-refractivity contribution >= 4 is 114 Å². The van der Waals surface area contributed by atoms with E-state index in [2.05, 4.69) is 41.9 Å². The second-order valence-corrected chi connectivity index (χ2v) is 20.9. The van der Waals surface area contributed by atoms with E-state index in [-0.39, 0.29) is 23.8 Å². The summed E-state index contributed by atoms with van der Waals surface area (Å²) in [5.74, 6) is -0.134. The molecule has 276 valence electrons. The van der Waals surface area contributed by atoms with Crippen LogP contribution in [0.2, 0.25) is 0 Å². The number of phenolic OH excluding ortho intramolecular Hbond substituents is 2. The molecule has 0 aliphatic heterocycles. The number of halogens is 3. The Balaban J connectivity index is 0.00000237. The Morgan fingerprint density at radius 1 is 0.446 bits per heavy atom. The summed E-state index contributed by atoms with van der Waals surface area (Å²) in [5.41, 5.74) is 1.81. The van der Waals surface area contributed by atoms with Gasteiger partial charge in [-0.2, -0.15) is 0 Å². The molecular formula is C46H34AlBr2ClO4P2. The summed E-state index contributed by atoms with van der Waals surface area (Å²) in [7, 11) is -2.09.